The van der Waals surface area contributed by atoms with Crippen molar-refractivity contribution in [3.8, 4) is 5.75 Å². The predicted molar refractivity (Wildman–Crippen MR) is 68.2 cm³/mol. The standard InChI is InChI=1S/C14H17F4NO2/c1-8(11-3-2-5-20-11)19-4-6-21-14-12(17)9(15)7-10(16)13(14)18/h7-8,11,19H,2-6H2,1H3. The zero-order valence-electron chi connectivity index (χ0n) is 11.6. The fourth-order valence-electron chi connectivity index (χ4n) is 2.25. The quantitative estimate of drug-likeness (QED) is 0.498. The Morgan fingerprint density at radius 3 is 2.52 bits per heavy atom. The van der Waals surface area contributed by atoms with E-state index >= 15 is 0 Å². The summed E-state index contributed by atoms with van der Waals surface area (Å²) in [5, 5.41) is 3.08. The van der Waals surface area contributed by atoms with Crippen molar-refractivity contribution in [3.63, 3.8) is 0 Å². The Labute approximate surface area is 120 Å². The van der Waals surface area contributed by atoms with Crippen molar-refractivity contribution in [2.75, 3.05) is 19.8 Å². The van der Waals surface area contributed by atoms with Crippen LogP contribution >= 0.6 is 0 Å². The van der Waals surface area contributed by atoms with Crippen molar-refractivity contribution in [3.05, 3.63) is 29.3 Å². The van der Waals surface area contributed by atoms with Gasteiger partial charge in [0.25, 0.3) is 0 Å². The fraction of sp³-hybridized carbons (Fsp3) is 0.571. The van der Waals surface area contributed by atoms with E-state index in [0.29, 0.717) is 0 Å². The molecule has 3 nitrogen and oxygen atoms in total. The molecule has 1 saturated heterocycles. The molecule has 1 aliphatic rings. The predicted octanol–water partition coefficient (Wildman–Crippen LogP) is 2.78. The summed E-state index contributed by atoms with van der Waals surface area (Å²) in [6, 6.07) is 0.213. The Bertz CT molecular complexity index is 466. The minimum absolute atomic E-state index is 0.0649. The van der Waals surface area contributed by atoms with Crippen molar-refractivity contribution in [2.45, 2.75) is 31.9 Å². The summed E-state index contributed by atoms with van der Waals surface area (Å²) < 4.78 is 62.9. The summed E-state index contributed by atoms with van der Waals surface area (Å²) in [4.78, 5) is 0. The number of rotatable bonds is 6. The average Bonchev–Trinajstić information content (AvgIpc) is 2.98. The van der Waals surface area contributed by atoms with Crippen molar-refractivity contribution >= 4 is 0 Å². The fourth-order valence-corrected chi connectivity index (χ4v) is 2.25. The van der Waals surface area contributed by atoms with Crippen molar-refractivity contribution in [1.82, 2.24) is 5.32 Å². The molecule has 2 unspecified atom stereocenters. The molecule has 1 N–H and O–H groups in total. The lowest BCUT2D eigenvalue weighted by Gasteiger charge is -2.20. The molecule has 118 valence electrons. The van der Waals surface area contributed by atoms with Crippen LogP contribution in [-0.4, -0.2) is 31.9 Å². The normalized spacial score (nSPS) is 19.8. The molecule has 0 aliphatic carbocycles. The average molecular weight is 307 g/mol. The largest absolute Gasteiger partial charge is 0.486 e. The Morgan fingerprint density at radius 1 is 1.29 bits per heavy atom. The van der Waals surface area contributed by atoms with Crippen molar-refractivity contribution in [2.24, 2.45) is 0 Å². The Morgan fingerprint density at radius 2 is 1.95 bits per heavy atom. The molecule has 1 aromatic rings. The van der Waals surface area contributed by atoms with Gasteiger partial charge >= 0.3 is 0 Å². The first-order chi connectivity index (χ1) is 10.0. The van der Waals surface area contributed by atoms with E-state index in [9.17, 15) is 17.6 Å². The summed E-state index contributed by atoms with van der Waals surface area (Å²) >= 11 is 0. The summed E-state index contributed by atoms with van der Waals surface area (Å²) in [5.41, 5.74) is 0. The maximum absolute atomic E-state index is 13.3. The van der Waals surface area contributed by atoms with Crippen molar-refractivity contribution < 1.29 is 27.0 Å². The van der Waals surface area contributed by atoms with E-state index in [1.807, 2.05) is 6.92 Å². The van der Waals surface area contributed by atoms with E-state index in [2.05, 4.69) is 5.32 Å². The molecule has 2 rings (SSSR count). The third-order valence-electron chi connectivity index (χ3n) is 3.41. The SMILES string of the molecule is CC(NCCOc1c(F)c(F)cc(F)c1F)C1CCCO1. The molecule has 1 aromatic carbocycles. The molecule has 21 heavy (non-hydrogen) atoms. The lowest BCUT2D eigenvalue weighted by atomic mass is 10.1. The molecule has 0 spiro atoms. The van der Waals surface area contributed by atoms with Gasteiger partial charge in [-0.1, -0.05) is 0 Å². The number of hydrogen-bond donors (Lipinski definition) is 1. The molecule has 0 aromatic heterocycles. The van der Waals surface area contributed by atoms with Crippen LogP contribution in [0.5, 0.6) is 5.75 Å². The second-order valence-corrected chi connectivity index (χ2v) is 4.94. The van der Waals surface area contributed by atoms with Crippen LogP contribution < -0.4 is 10.1 Å². The highest BCUT2D eigenvalue weighted by molar-refractivity contribution is 5.28. The van der Waals surface area contributed by atoms with Crippen LogP contribution in [0.2, 0.25) is 0 Å². The van der Waals surface area contributed by atoms with Gasteiger partial charge in [-0.15, -0.1) is 0 Å². The summed E-state index contributed by atoms with van der Waals surface area (Å²) in [7, 11) is 0. The van der Waals surface area contributed by atoms with E-state index < -0.39 is 29.0 Å². The van der Waals surface area contributed by atoms with E-state index in [1.165, 1.54) is 0 Å². The molecule has 2 atom stereocenters. The van der Waals surface area contributed by atoms with E-state index in [-0.39, 0.29) is 31.4 Å². The lowest BCUT2D eigenvalue weighted by Crippen LogP contribution is -2.39. The van der Waals surface area contributed by atoms with Gasteiger partial charge in [0.2, 0.25) is 11.6 Å². The highest BCUT2D eigenvalue weighted by Gasteiger charge is 2.22. The zero-order chi connectivity index (χ0) is 15.4. The topological polar surface area (TPSA) is 30.5 Å². The highest BCUT2D eigenvalue weighted by atomic mass is 19.2. The van der Waals surface area contributed by atoms with Crippen LogP contribution in [0.1, 0.15) is 19.8 Å². The third-order valence-corrected chi connectivity index (χ3v) is 3.41. The molecule has 7 heteroatoms. The molecule has 0 amide bonds. The monoisotopic (exact) mass is 307 g/mol. The second kappa shape index (κ2) is 7.09. The van der Waals surface area contributed by atoms with Gasteiger partial charge in [-0.25, -0.2) is 8.78 Å². The van der Waals surface area contributed by atoms with E-state index in [1.54, 1.807) is 0 Å². The molecular weight excluding hydrogens is 290 g/mol. The van der Waals surface area contributed by atoms with Crippen LogP contribution in [-0.2, 0) is 4.74 Å². The van der Waals surface area contributed by atoms with Crippen LogP contribution in [0.15, 0.2) is 6.07 Å². The van der Waals surface area contributed by atoms with Crippen LogP contribution in [0.3, 0.4) is 0 Å². The van der Waals surface area contributed by atoms with Crippen LogP contribution in [0.25, 0.3) is 0 Å². The summed E-state index contributed by atoms with van der Waals surface area (Å²) in [6.45, 7) is 2.82. The number of nitrogens with one attached hydrogen (secondary N) is 1. The molecular formula is C14H17F4NO2. The maximum Gasteiger partial charge on any atom is 0.203 e. The van der Waals surface area contributed by atoms with Crippen molar-refractivity contribution in [1.29, 1.82) is 0 Å². The number of ether oxygens (including phenoxy) is 2. The lowest BCUT2D eigenvalue weighted by molar-refractivity contribution is 0.0822. The summed E-state index contributed by atoms with van der Waals surface area (Å²) in [5.74, 6) is -7.05. The molecule has 1 aliphatic heterocycles. The van der Waals surface area contributed by atoms with E-state index in [4.69, 9.17) is 9.47 Å². The Hall–Kier alpha value is -1.34. The van der Waals surface area contributed by atoms with Crippen LogP contribution in [0, 0.1) is 23.3 Å². The van der Waals surface area contributed by atoms with Gasteiger partial charge < -0.3 is 14.8 Å². The van der Waals surface area contributed by atoms with Gasteiger partial charge in [0.1, 0.15) is 6.61 Å². The van der Waals surface area contributed by atoms with Gasteiger partial charge in [-0.2, -0.15) is 8.78 Å². The minimum atomic E-state index is -1.53. The third kappa shape index (κ3) is 3.85. The molecule has 0 saturated carbocycles. The van der Waals surface area contributed by atoms with Gasteiger partial charge in [0.15, 0.2) is 17.4 Å². The van der Waals surface area contributed by atoms with E-state index in [0.717, 1.165) is 19.4 Å². The van der Waals surface area contributed by atoms with Gasteiger partial charge in [0, 0.05) is 25.3 Å². The minimum Gasteiger partial charge on any atom is -0.486 e. The zero-order valence-corrected chi connectivity index (χ0v) is 11.6. The molecule has 1 fully saturated rings. The molecule has 1 heterocycles. The second-order valence-electron chi connectivity index (χ2n) is 4.94. The first kappa shape index (κ1) is 16.0. The number of halogens is 4. The first-order valence-electron chi connectivity index (χ1n) is 6.81. The molecule has 0 bridgehead atoms. The highest BCUT2D eigenvalue weighted by Crippen LogP contribution is 2.26. The summed E-state index contributed by atoms with van der Waals surface area (Å²) in [6.07, 6.45) is 2.06. The number of hydrogen-bond acceptors (Lipinski definition) is 3. The van der Waals surface area contributed by atoms with Gasteiger partial charge in [-0.05, 0) is 19.8 Å². The Balaban J connectivity index is 1.83. The maximum atomic E-state index is 13.3. The smallest absolute Gasteiger partial charge is 0.203 e. The van der Waals surface area contributed by atoms with Crippen LogP contribution in [0.4, 0.5) is 17.6 Å². The Kier molecular flexibility index (Phi) is 5.41. The first-order valence-corrected chi connectivity index (χ1v) is 6.81. The van der Waals surface area contributed by atoms with Gasteiger partial charge in [0.05, 0.1) is 6.10 Å². The van der Waals surface area contributed by atoms with Gasteiger partial charge in [-0.3, -0.25) is 0 Å². The number of benzene rings is 1. The molecule has 0 radical (unpaired) electrons.